The van der Waals surface area contributed by atoms with Crippen LogP contribution >= 0.6 is 0 Å². The first-order valence-corrected chi connectivity index (χ1v) is 10.9. The number of nitrogens with zero attached hydrogens (tertiary/aromatic N) is 5. The Morgan fingerprint density at radius 1 is 0.893 bits per heavy atom. The fourth-order valence-electron chi connectivity index (χ4n) is 4.79. The summed E-state index contributed by atoms with van der Waals surface area (Å²) in [6.07, 6.45) is 7.40. The fraction of sp³-hybridized carbons (Fsp3) is 0.636. The van der Waals surface area contributed by atoms with E-state index in [2.05, 4.69) is 26.8 Å². The number of anilines is 2. The first kappa shape index (κ1) is 18.0. The van der Waals surface area contributed by atoms with Crippen LogP contribution in [0.4, 0.5) is 11.8 Å². The molecule has 5 rings (SSSR count). The van der Waals surface area contributed by atoms with Crippen molar-refractivity contribution in [3.8, 4) is 0 Å². The van der Waals surface area contributed by atoms with E-state index >= 15 is 0 Å². The van der Waals surface area contributed by atoms with E-state index in [0.29, 0.717) is 0 Å². The average Bonchev–Trinajstić information content (AvgIpc) is 3.40. The lowest BCUT2D eigenvalue weighted by Crippen LogP contribution is -2.36. The first-order chi connectivity index (χ1) is 13.8. The third-order valence-corrected chi connectivity index (χ3v) is 6.33. The summed E-state index contributed by atoms with van der Waals surface area (Å²) < 4.78 is 5.81. The first-order valence-electron chi connectivity index (χ1n) is 10.9. The van der Waals surface area contributed by atoms with E-state index in [0.717, 1.165) is 69.7 Å². The second-order valence-corrected chi connectivity index (χ2v) is 8.49. The molecule has 2 aromatic heterocycles. The molecule has 0 spiro atoms. The van der Waals surface area contributed by atoms with Crippen LogP contribution in [0.1, 0.15) is 54.9 Å². The van der Waals surface area contributed by atoms with E-state index in [1.165, 1.54) is 49.2 Å². The van der Waals surface area contributed by atoms with Crippen molar-refractivity contribution in [1.82, 2.24) is 14.9 Å². The molecule has 6 heteroatoms. The normalized spacial score (nSPS) is 20.6. The van der Waals surface area contributed by atoms with Crippen LogP contribution in [0.25, 0.3) is 0 Å². The minimum atomic E-state index is 0.862. The summed E-state index contributed by atoms with van der Waals surface area (Å²) in [5, 5.41) is 0. The molecule has 0 bridgehead atoms. The number of aromatic nitrogens is 2. The largest absolute Gasteiger partial charge is 0.465 e. The predicted molar refractivity (Wildman–Crippen MR) is 111 cm³/mol. The average molecular weight is 382 g/mol. The molecule has 0 N–H and O–H groups in total. The molecule has 6 nitrogen and oxygen atoms in total. The molecule has 2 aromatic rings. The van der Waals surface area contributed by atoms with Gasteiger partial charge in [0.05, 0.1) is 12.2 Å². The number of piperidine rings is 1. The summed E-state index contributed by atoms with van der Waals surface area (Å²) in [4.78, 5) is 17.6. The number of aryl methyl sites for hydroxylation is 1. The van der Waals surface area contributed by atoms with Gasteiger partial charge in [-0.15, -0.1) is 0 Å². The molecule has 0 atom stereocenters. The van der Waals surface area contributed by atoms with Crippen LogP contribution in [0.5, 0.6) is 0 Å². The standard InChI is InChI=1S/C22H31N5O/c1-17-7-8-18(28-17)15-25-14-9-20-19(16-25)21(26-10-5-6-11-26)24-22(23-20)27-12-3-2-4-13-27/h7-8H,2-6,9-16H2,1H3. The molecule has 2 saturated heterocycles. The third-order valence-electron chi connectivity index (χ3n) is 6.33. The van der Waals surface area contributed by atoms with Crippen molar-refractivity contribution in [2.45, 2.75) is 58.5 Å². The van der Waals surface area contributed by atoms with Gasteiger partial charge in [0.25, 0.3) is 0 Å². The monoisotopic (exact) mass is 381 g/mol. The highest BCUT2D eigenvalue weighted by molar-refractivity contribution is 5.55. The Morgan fingerprint density at radius 2 is 1.64 bits per heavy atom. The molecule has 0 saturated carbocycles. The van der Waals surface area contributed by atoms with Crippen molar-refractivity contribution < 1.29 is 4.42 Å². The van der Waals surface area contributed by atoms with E-state index in [1.807, 2.05) is 6.92 Å². The van der Waals surface area contributed by atoms with E-state index in [9.17, 15) is 0 Å². The Hall–Kier alpha value is -2.08. The van der Waals surface area contributed by atoms with Gasteiger partial charge in [-0.05, 0) is 51.2 Å². The molecule has 3 aliphatic rings. The van der Waals surface area contributed by atoms with Crippen molar-refractivity contribution in [1.29, 1.82) is 0 Å². The quantitative estimate of drug-likeness (QED) is 0.808. The summed E-state index contributed by atoms with van der Waals surface area (Å²) in [6.45, 7) is 9.27. The molecule has 0 unspecified atom stereocenters. The molecular weight excluding hydrogens is 350 g/mol. The van der Waals surface area contributed by atoms with Crippen LogP contribution in [0.15, 0.2) is 16.5 Å². The molecule has 150 valence electrons. The molecule has 28 heavy (non-hydrogen) atoms. The molecule has 2 fully saturated rings. The molecule has 3 aliphatic heterocycles. The highest BCUT2D eigenvalue weighted by Gasteiger charge is 2.28. The van der Waals surface area contributed by atoms with E-state index in [1.54, 1.807) is 0 Å². The number of hydrogen-bond donors (Lipinski definition) is 0. The van der Waals surface area contributed by atoms with Gasteiger partial charge >= 0.3 is 0 Å². The van der Waals surface area contributed by atoms with Crippen LogP contribution in [-0.4, -0.2) is 47.6 Å². The molecule has 5 heterocycles. The summed E-state index contributed by atoms with van der Waals surface area (Å²) in [5.74, 6) is 4.20. The Bertz CT molecular complexity index is 820. The minimum Gasteiger partial charge on any atom is -0.465 e. The van der Waals surface area contributed by atoms with Crippen molar-refractivity contribution >= 4 is 11.8 Å². The molecule has 0 aliphatic carbocycles. The topological polar surface area (TPSA) is 48.6 Å². The zero-order valence-corrected chi connectivity index (χ0v) is 17.0. The van der Waals surface area contributed by atoms with Crippen molar-refractivity contribution in [2.24, 2.45) is 0 Å². The van der Waals surface area contributed by atoms with Crippen molar-refractivity contribution in [3.05, 3.63) is 34.9 Å². The molecule has 0 radical (unpaired) electrons. The molecular formula is C22H31N5O. The lowest BCUT2D eigenvalue weighted by molar-refractivity contribution is 0.222. The summed E-state index contributed by atoms with van der Waals surface area (Å²) in [6, 6.07) is 4.15. The zero-order chi connectivity index (χ0) is 18.9. The summed E-state index contributed by atoms with van der Waals surface area (Å²) in [5.41, 5.74) is 2.61. The minimum absolute atomic E-state index is 0.862. The van der Waals surface area contributed by atoms with Crippen LogP contribution in [0.2, 0.25) is 0 Å². The van der Waals surface area contributed by atoms with Crippen molar-refractivity contribution in [2.75, 3.05) is 42.5 Å². The highest BCUT2D eigenvalue weighted by atomic mass is 16.3. The van der Waals surface area contributed by atoms with Crippen molar-refractivity contribution in [3.63, 3.8) is 0 Å². The van der Waals surface area contributed by atoms with Gasteiger partial charge in [-0.2, -0.15) is 4.98 Å². The van der Waals surface area contributed by atoms with Gasteiger partial charge in [-0.1, -0.05) is 0 Å². The van der Waals surface area contributed by atoms with Crippen LogP contribution in [0.3, 0.4) is 0 Å². The summed E-state index contributed by atoms with van der Waals surface area (Å²) >= 11 is 0. The molecule has 0 amide bonds. The Labute approximate surface area is 167 Å². The SMILES string of the molecule is Cc1ccc(CN2CCc3nc(N4CCCCC4)nc(N4CCCC4)c3C2)o1. The maximum Gasteiger partial charge on any atom is 0.227 e. The van der Waals surface area contributed by atoms with E-state index in [4.69, 9.17) is 14.4 Å². The van der Waals surface area contributed by atoms with Gasteiger partial charge in [-0.25, -0.2) is 4.98 Å². The number of hydrogen-bond acceptors (Lipinski definition) is 6. The fourth-order valence-corrected chi connectivity index (χ4v) is 4.79. The van der Waals surface area contributed by atoms with Gasteiger partial charge in [0.1, 0.15) is 17.3 Å². The van der Waals surface area contributed by atoms with Gasteiger partial charge in [0, 0.05) is 51.3 Å². The highest BCUT2D eigenvalue weighted by Crippen LogP contribution is 2.32. The maximum atomic E-state index is 5.81. The number of rotatable bonds is 4. The summed E-state index contributed by atoms with van der Waals surface area (Å²) in [7, 11) is 0. The van der Waals surface area contributed by atoms with Crippen LogP contribution in [0, 0.1) is 6.92 Å². The second-order valence-electron chi connectivity index (χ2n) is 8.49. The van der Waals surface area contributed by atoms with E-state index in [-0.39, 0.29) is 0 Å². The van der Waals surface area contributed by atoms with Crippen LogP contribution in [-0.2, 0) is 19.5 Å². The Balaban J connectivity index is 1.43. The second kappa shape index (κ2) is 7.74. The van der Waals surface area contributed by atoms with Gasteiger partial charge < -0.3 is 14.2 Å². The van der Waals surface area contributed by atoms with Crippen LogP contribution < -0.4 is 9.80 Å². The Kier molecular flexibility index (Phi) is 4.97. The molecule has 0 aromatic carbocycles. The zero-order valence-electron chi connectivity index (χ0n) is 17.0. The smallest absolute Gasteiger partial charge is 0.227 e. The lowest BCUT2D eigenvalue weighted by atomic mass is 10.1. The third kappa shape index (κ3) is 3.62. The lowest BCUT2D eigenvalue weighted by Gasteiger charge is -2.33. The van der Waals surface area contributed by atoms with Gasteiger partial charge in [0.15, 0.2) is 0 Å². The number of furan rings is 1. The van der Waals surface area contributed by atoms with E-state index < -0.39 is 0 Å². The van der Waals surface area contributed by atoms with Gasteiger partial charge in [0.2, 0.25) is 5.95 Å². The maximum absolute atomic E-state index is 5.81. The predicted octanol–water partition coefficient (Wildman–Crippen LogP) is 3.53. The number of fused-ring (bicyclic) bond motifs is 1. The van der Waals surface area contributed by atoms with Gasteiger partial charge in [-0.3, -0.25) is 4.90 Å². The Morgan fingerprint density at radius 3 is 2.39 bits per heavy atom.